The lowest BCUT2D eigenvalue weighted by molar-refractivity contribution is -0.387. The van der Waals surface area contributed by atoms with E-state index in [0.717, 1.165) is 33.5 Å². The van der Waals surface area contributed by atoms with E-state index >= 15 is 0 Å². The largest absolute Gasteiger partial charge is 0.497 e. The van der Waals surface area contributed by atoms with Gasteiger partial charge in [-0.1, -0.05) is 29.8 Å². The molecule has 224 valence electrons. The number of hydrazone groups is 1. The van der Waals surface area contributed by atoms with Gasteiger partial charge in [0.2, 0.25) is 0 Å². The molecule has 43 heavy (non-hydrogen) atoms. The monoisotopic (exact) mass is 625 g/mol. The van der Waals surface area contributed by atoms with Gasteiger partial charge < -0.3 is 14.0 Å². The van der Waals surface area contributed by atoms with Crippen molar-refractivity contribution in [2.45, 2.75) is 18.7 Å². The second-order valence-corrected chi connectivity index (χ2v) is 11.5. The van der Waals surface area contributed by atoms with Crippen LogP contribution in [0.1, 0.15) is 17.0 Å². The van der Waals surface area contributed by atoms with Crippen molar-refractivity contribution < 1.29 is 27.6 Å². The van der Waals surface area contributed by atoms with E-state index in [2.05, 4.69) is 10.5 Å². The minimum absolute atomic E-state index is 0.0364. The lowest BCUT2D eigenvalue weighted by Crippen LogP contribution is -2.40. The van der Waals surface area contributed by atoms with E-state index in [4.69, 9.17) is 21.1 Å². The van der Waals surface area contributed by atoms with Gasteiger partial charge >= 0.3 is 0 Å². The maximum atomic E-state index is 13.9. The van der Waals surface area contributed by atoms with E-state index in [1.165, 1.54) is 50.8 Å². The number of aryl methyl sites for hydroxylation is 1. The van der Waals surface area contributed by atoms with E-state index in [0.29, 0.717) is 16.3 Å². The molecule has 3 aromatic carbocycles. The summed E-state index contributed by atoms with van der Waals surface area (Å²) >= 11 is 6.16. The molecule has 0 aliphatic carbocycles. The number of methoxy groups -OCH3 is 2. The summed E-state index contributed by atoms with van der Waals surface area (Å²) in [6, 6.07) is 18.4. The van der Waals surface area contributed by atoms with Gasteiger partial charge in [-0.05, 0) is 56.3 Å². The number of carbonyl (C=O) groups is 1. The highest BCUT2D eigenvalue weighted by atomic mass is 35.5. The topological polar surface area (TPSA) is 145 Å². The molecule has 0 spiro atoms. The summed E-state index contributed by atoms with van der Waals surface area (Å²) in [7, 11) is -1.91. The standard InChI is InChI=1S/C29H28ClN5O7S/c1-19-14-21(20(2)34(19)23-9-7-8-22(30)15-23)17-31-32-29(36)18-33(25-13-12-24(41-3)16-27(25)42-4)43(39,40)28-11-6-5-10-26(28)35(37)38/h5-17H,18H2,1-4H3,(H,32,36)/b31-17+. The molecule has 4 rings (SSSR count). The molecule has 0 bridgehead atoms. The summed E-state index contributed by atoms with van der Waals surface area (Å²) in [5, 5.41) is 16.3. The van der Waals surface area contributed by atoms with Crippen molar-refractivity contribution in [3.63, 3.8) is 0 Å². The number of nitro groups is 1. The molecule has 0 radical (unpaired) electrons. The first-order valence-electron chi connectivity index (χ1n) is 12.7. The van der Waals surface area contributed by atoms with Crippen molar-refractivity contribution in [1.29, 1.82) is 0 Å². The number of hydrogen-bond donors (Lipinski definition) is 1. The number of rotatable bonds is 11. The number of nitrogens with one attached hydrogen (secondary N) is 1. The van der Waals surface area contributed by atoms with Crippen LogP contribution >= 0.6 is 11.6 Å². The number of carbonyl (C=O) groups excluding carboxylic acids is 1. The van der Waals surface area contributed by atoms with Gasteiger partial charge in [-0.15, -0.1) is 0 Å². The van der Waals surface area contributed by atoms with Crippen LogP contribution in [0.5, 0.6) is 11.5 Å². The molecule has 1 amide bonds. The van der Waals surface area contributed by atoms with Crippen molar-refractivity contribution in [3.8, 4) is 17.2 Å². The Morgan fingerprint density at radius 3 is 2.49 bits per heavy atom. The molecule has 0 fully saturated rings. The van der Waals surface area contributed by atoms with Crippen molar-refractivity contribution in [2.75, 3.05) is 25.1 Å². The van der Waals surface area contributed by atoms with E-state index in [1.54, 1.807) is 6.07 Å². The molecular weight excluding hydrogens is 598 g/mol. The third-order valence-electron chi connectivity index (χ3n) is 6.50. The van der Waals surface area contributed by atoms with Gasteiger partial charge in [-0.2, -0.15) is 5.10 Å². The first-order valence-corrected chi connectivity index (χ1v) is 14.5. The van der Waals surface area contributed by atoms with Crippen LogP contribution in [-0.4, -0.2) is 50.8 Å². The lowest BCUT2D eigenvalue weighted by atomic mass is 10.2. The predicted molar refractivity (Wildman–Crippen MR) is 163 cm³/mol. The van der Waals surface area contributed by atoms with Gasteiger partial charge in [0.05, 0.1) is 31.0 Å². The number of hydrogen-bond acceptors (Lipinski definition) is 8. The number of nitrogens with zero attached hydrogens (tertiary/aromatic N) is 4. The van der Waals surface area contributed by atoms with Gasteiger partial charge in [-0.25, -0.2) is 13.8 Å². The van der Waals surface area contributed by atoms with Crippen LogP contribution in [0.25, 0.3) is 5.69 Å². The molecule has 14 heteroatoms. The second-order valence-electron chi connectivity index (χ2n) is 9.21. The Kier molecular flexibility index (Phi) is 9.37. The fourth-order valence-corrected chi connectivity index (χ4v) is 6.28. The third kappa shape index (κ3) is 6.63. The van der Waals surface area contributed by atoms with Crippen LogP contribution in [0, 0.1) is 24.0 Å². The molecule has 12 nitrogen and oxygen atoms in total. The first-order chi connectivity index (χ1) is 20.5. The zero-order valence-corrected chi connectivity index (χ0v) is 25.2. The van der Waals surface area contributed by atoms with Gasteiger partial charge in [0.25, 0.3) is 21.6 Å². The molecule has 0 aliphatic rings. The van der Waals surface area contributed by atoms with Crippen LogP contribution in [-0.2, 0) is 14.8 Å². The van der Waals surface area contributed by atoms with E-state index in [1.807, 2.05) is 42.7 Å². The van der Waals surface area contributed by atoms with Crippen LogP contribution < -0.4 is 19.2 Å². The number of anilines is 1. The zero-order valence-electron chi connectivity index (χ0n) is 23.6. The van der Waals surface area contributed by atoms with Gasteiger partial charge in [0.15, 0.2) is 4.90 Å². The number of aromatic nitrogens is 1. The summed E-state index contributed by atoms with van der Waals surface area (Å²) in [6.45, 7) is 3.03. The highest BCUT2D eigenvalue weighted by molar-refractivity contribution is 7.93. The Hall–Kier alpha value is -4.88. The molecule has 1 aromatic heterocycles. The van der Waals surface area contributed by atoms with Gasteiger partial charge in [0.1, 0.15) is 18.0 Å². The van der Waals surface area contributed by atoms with Gasteiger partial charge in [0, 0.05) is 39.8 Å². The fraction of sp³-hybridized carbons (Fsp3) is 0.172. The van der Waals surface area contributed by atoms with E-state index in [-0.39, 0.29) is 11.4 Å². The van der Waals surface area contributed by atoms with Gasteiger partial charge in [-0.3, -0.25) is 19.2 Å². The van der Waals surface area contributed by atoms with Crippen LogP contribution in [0.2, 0.25) is 5.02 Å². The minimum atomic E-state index is -4.65. The Balaban J connectivity index is 1.66. The number of nitro benzene ring substituents is 1. The number of ether oxygens (including phenoxy) is 2. The molecule has 1 N–H and O–H groups in total. The molecule has 4 aromatic rings. The van der Waals surface area contributed by atoms with Crippen LogP contribution in [0.4, 0.5) is 11.4 Å². The number of amides is 1. The Morgan fingerprint density at radius 1 is 1.07 bits per heavy atom. The lowest BCUT2D eigenvalue weighted by Gasteiger charge is -2.25. The van der Waals surface area contributed by atoms with Crippen molar-refractivity contribution in [1.82, 2.24) is 9.99 Å². The number of halogens is 1. The molecule has 1 heterocycles. The number of para-hydroxylation sites is 1. The third-order valence-corrected chi connectivity index (χ3v) is 8.54. The fourth-order valence-electron chi connectivity index (χ4n) is 4.51. The van der Waals surface area contributed by atoms with Crippen molar-refractivity contribution in [3.05, 3.63) is 105 Å². The number of sulfonamides is 1. The first kappa shape index (κ1) is 31.1. The summed E-state index contributed by atoms with van der Waals surface area (Å²) in [5.41, 5.74) is 4.97. The summed E-state index contributed by atoms with van der Waals surface area (Å²) in [6.07, 6.45) is 1.44. The maximum Gasteiger partial charge on any atom is 0.289 e. The zero-order chi connectivity index (χ0) is 31.3. The SMILES string of the molecule is COc1ccc(N(CC(=O)N/N=C/c2cc(C)n(-c3cccc(Cl)c3)c2C)S(=O)(=O)c2ccccc2[N+](=O)[O-])c(OC)c1. The molecular formula is C29H28ClN5O7S. The Labute approximate surface area is 253 Å². The van der Waals surface area contributed by atoms with Crippen LogP contribution in [0.3, 0.4) is 0 Å². The maximum absolute atomic E-state index is 13.9. The second kappa shape index (κ2) is 13.0. The smallest absolute Gasteiger partial charge is 0.289 e. The van der Waals surface area contributed by atoms with E-state index < -0.39 is 38.0 Å². The molecule has 0 unspecified atom stereocenters. The number of benzene rings is 3. The quantitative estimate of drug-likeness (QED) is 0.140. The summed E-state index contributed by atoms with van der Waals surface area (Å²) in [4.78, 5) is 23.4. The minimum Gasteiger partial charge on any atom is -0.497 e. The molecule has 0 saturated heterocycles. The predicted octanol–water partition coefficient (Wildman–Crippen LogP) is 5.02. The summed E-state index contributed by atoms with van der Waals surface area (Å²) < 4.78 is 41.0. The Morgan fingerprint density at radius 2 is 1.81 bits per heavy atom. The Bertz CT molecular complexity index is 1820. The highest BCUT2D eigenvalue weighted by Gasteiger charge is 2.34. The molecule has 0 aliphatic heterocycles. The normalized spacial score (nSPS) is 11.4. The molecule has 0 atom stereocenters. The highest BCUT2D eigenvalue weighted by Crippen LogP contribution is 2.37. The molecule has 0 saturated carbocycles. The van der Waals surface area contributed by atoms with Crippen molar-refractivity contribution in [2.24, 2.45) is 5.10 Å². The van der Waals surface area contributed by atoms with E-state index in [9.17, 15) is 23.3 Å². The van der Waals surface area contributed by atoms with Crippen LogP contribution in [0.15, 0.2) is 82.8 Å². The average molecular weight is 626 g/mol. The average Bonchev–Trinajstić information content (AvgIpc) is 3.27. The summed E-state index contributed by atoms with van der Waals surface area (Å²) in [5.74, 6) is -0.376. The van der Waals surface area contributed by atoms with Crippen molar-refractivity contribution >= 4 is 45.1 Å².